The van der Waals surface area contributed by atoms with Crippen LogP contribution in [-0.2, 0) is 16.1 Å². The lowest BCUT2D eigenvalue weighted by Crippen LogP contribution is -2.30. The van der Waals surface area contributed by atoms with Crippen molar-refractivity contribution in [1.82, 2.24) is 14.0 Å². The molecule has 0 bridgehead atoms. The van der Waals surface area contributed by atoms with Crippen LogP contribution in [0.5, 0.6) is 0 Å². The number of carbonyl (C=O) groups is 1. The first-order chi connectivity index (χ1) is 17.3. The Hall–Kier alpha value is -4.69. The van der Waals surface area contributed by atoms with Gasteiger partial charge >= 0.3 is 0 Å². The molecule has 3 rings (SSSR count). The predicted octanol–water partition coefficient (Wildman–Crippen LogP) is 2.59. The second-order valence-electron chi connectivity index (χ2n) is 7.75. The van der Waals surface area contributed by atoms with Crippen molar-refractivity contribution < 1.29 is 14.5 Å². The van der Waals surface area contributed by atoms with Crippen molar-refractivity contribution in [3.8, 4) is 6.07 Å². The molecule has 11 heteroatoms. The lowest BCUT2D eigenvalue weighted by Gasteiger charge is -2.14. The molecule has 0 saturated heterocycles. The maximum atomic E-state index is 13.3. The Kier molecular flexibility index (Phi) is 8.38. The fourth-order valence-corrected chi connectivity index (χ4v) is 3.61. The van der Waals surface area contributed by atoms with Gasteiger partial charge in [-0.05, 0) is 31.0 Å². The summed E-state index contributed by atoms with van der Waals surface area (Å²) in [4.78, 5) is 45.5. The lowest BCUT2D eigenvalue weighted by molar-refractivity contribution is -0.426. The summed E-state index contributed by atoms with van der Waals surface area (Å²) in [6.45, 7) is 5.91. The van der Waals surface area contributed by atoms with Gasteiger partial charge in [0.15, 0.2) is 5.49 Å². The van der Waals surface area contributed by atoms with Crippen LogP contribution in [0.15, 0.2) is 70.8 Å². The molecule has 0 N–H and O–H groups in total. The molecule has 0 unspecified atom stereocenters. The summed E-state index contributed by atoms with van der Waals surface area (Å²) in [6.07, 6.45) is 6.98. The van der Waals surface area contributed by atoms with Crippen LogP contribution in [-0.4, -0.2) is 38.5 Å². The normalized spacial score (nSPS) is 12.4. The highest BCUT2D eigenvalue weighted by Gasteiger charge is 2.18. The number of pyridine rings is 2. The number of ether oxygens (including phenoxy) is 1. The minimum atomic E-state index is -0.824. The quantitative estimate of drug-likeness (QED) is 0.148. The van der Waals surface area contributed by atoms with Crippen molar-refractivity contribution in [2.24, 2.45) is 4.99 Å². The summed E-state index contributed by atoms with van der Waals surface area (Å²) in [7, 11) is 1.54. The first-order valence-electron chi connectivity index (χ1n) is 11.0. The Morgan fingerprint density at radius 2 is 2.17 bits per heavy atom. The van der Waals surface area contributed by atoms with E-state index in [0.717, 1.165) is 5.56 Å². The van der Waals surface area contributed by atoms with Crippen LogP contribution in [0.4, 0.5) is 0 Å². The molecule has 3 heterocycles. The number of methoxy groups -OCH3 is 1. The standard InChI is InChI=1S/C25H24N6O5/c1-4-5-6-10-19(31(34)35)15-21(32)27-23-18(16-26)14-20-24(29(23)12-8-13-36-3)28-22-17(2)9-7-11-30(22)25(20)33/h4-7,9-11,14H,1,8,12-13,15H2,2-3H3/b6-5-,19-10+,27-23?. The molecule has 0 aliphatic rings. The van der Waals surface area contributed by atoms with Gasteiger partial charge in [0, 0.05) is 32.5 Å². The molecule has 11 nitrogen and oxygen atoms in total. The molecule has 1 amide bonds. The van der Waals surface area contributed by atoms with Gasteiger partial charge in [0.25, 0.3) is 17.2 Å². The van der Waals surface area contributed by atoms with E-state index in [0.29, 0.717) is 18.7 Å². The molecule has 0 aliphatic heterocycles. The minimum Gasteiger partial charge on any atom is -0.385 e. The van der Waals surface area contributed by atoms with Gasteiger partial charge in [-0.25, -0.2) is 4.98 Å². The molecule has 0 aliphatic carbocycles. The van der Waals surface area contributed by atoms with Gasteiger partial charge in [-0.3, -0.25) is 24.1 Å². The van der Waals surface area contributed by atoms with E-state index in [2.05, 4.69) is 16.6 Å². The van der Waals surface area contributed by atoms with E-state index in [1.54, 1.807) is 12.3 Å². The third kappa shape index (κ3) is 5.51. The summed E-state index contributed by atoms with van der Waals surface area (Å²) in [6, 6.07) is 6.86. The van der Waals surface area contributed by atoms with Gasteiger partial charge < -0.3 is 9.30 Å². The molecule has 0 saturated carbocycles. The van der Waals surface area contributed by atoms with Crippen LogP contribution in [0, 0.1) is 28.4 Å². The largest absolute Gasteiger partial charge is 0.385 e. The summed E-state index contributed by atoms with van der Waals surface area (Å²) in [5.41, 5.74) is 0.622. The average Bonchev–Trinajstić information content (AvgIpc) is 2.85. The monoisotopic (exact) mass is 488 g/mol. The second-order valence-corrected chi connectivity index (χ2v) is 7.75. The minimum absolute atomic E-state index is 0.0275. The number of rotatable bonds is 9. The number of allylic oxidation sites excluding steroid dienone is 4. The van der Waals surface area contributed by atoms with Gasteiger partial charge in [-0.2, -0.15) is 10.3 Å². The number of fused-ring (bicyclic) bond motifs is 2. The topological polar surface area (TPSA) is 145 Å². The van der Waals surface area contributed by atoms with Gasteiger partial charge in [0.2, 0.25) is 0 Å². The molecule has 3 aromatic rings. The number of nitrogens with zero attached hydrogens (tertiary/aromatic N) is 6. The van der Waals surface area contributed by atoms with E-state index in [4.69, 9.17) is 4.74 Å². The number of aryl methyl sites for hydroxylation is 2. The number of aromatic nitrogens is 3. The van der Waals surface area contributed by atoms with Crippen LogP contribution in [0.3, 0.4) is 0 Å². The number of hydrogen-bond acceptors (Lipinski definition) is 7. The smallest absolute Gasteiger partial charge is 0.267 e. The number of nitro groups is 1. The van der Waals surface area contributed by atoms with Crippen LogP contribution in [0.2, 0.25) is 0 Å². The zero-order valence-electron chi connectivity index (χ0n) is 19.9. The fraction of sp³-hybridized carbons (Fsp3) is 0.240. The van der Waals surface area contributed by atoms with Gasteiger partial charge in [0.1, 0.15) is 23.8 Å². The van der Waals surface area contributed by atoms with E-state index in [1.807, 2.05) is 19.1 Å². The van der Waals surface area contributed by atoms with E-state index >= 15 is 0 Å². The third-order valence-electron chi connectivity index (χ3n) is 5.29. The fourth-order valence-electron chi connectivity index (χ4n) is 3.61. The summed E-state index contributed by atoms with van der Waals surface area (Å²) in [5.74, 6) is -0.824. The van der Waals surface area contributed by atoms with Crippen molar-refractivity contribution in [1.29, 1.82) is 5.26 Å². The molecule has 184 valence electrons. The number of hydrogen-bond donors (Lipinski definition) is 0. The lowest BCUT2D eigenvalue weighted by atomic mass is 10.2. The summed E-state index contributed by atoms with van der Waals surface area (Å²) in [5, 5.41) is 21.4. The van der Waals surface area contributed by atoms with Crippen molar-refractivity contribution in [2.45, 2.75) is 26.3 Å². The van der Waals surface area contributed by atoms with Crippen LogP contribution in [0.25, 0.3) is 16.7 Å². The van der Waals surface area contributed by atoms with Crippen LogP contribution in [0.1, 0.15) is 24.0 Å². The van der Waals surface area contributed by atoms with Crippen molar-refractivity contribution >= 4 is 22.6 Å². The second kappa shape index (κ2) is 11.6. The molecule has 0 aromatic carbocycles. The van der Waals surface area contributed by atoms with Crippen molar-refractivity contribution in [2.75, 3.05) is 13.7 Å². The van der Waals surface area contributed by atoms with Gasteiger partial charge in [-0.15, -0.1) is 0 Å². The Bertz CT molecular complexity index is 1590. The number of nitriles is 1. The Morgan fingerprint density at radius 1 is 1.39 bits per heavy atom. The number of carbonyl (C=O) groups excluding carboxylic acids is 1. The predicted molar refractivity (Wildman–Crippen MR) is 133 cm³/mol. The number of amides is 1. The summed E-state index contributed by atoms with van der Waals surface area (Å²) < 4.78 is 8.05. The molecule has 0 atom stereocenters. The van der Waals surface area contributed by atoms with Crippen LogP contribution >= 0.6 is 0 Å². The molecule has 36 heavy (non-hydrogen) atoms. The Morgan fingerprint density at radius 3 is 2.83 bits per heavy atom. The third-order valence-corrected chi connectivity index (χ3v) is 5.29. The van der Waals surface area contributed by atoms with Gasteiger partial charge in [0.05, 0.1) is 15.9 Å². The summed E-state index contributed by atoms with van der Waals surface area (Å²) >= 11 is 0. The molecule has 0 radical (unpaired) electrons. The SMILES string of the molecule is C=C/C=C\C=C(/CC(=O)N=c1c(C#N)cc2c(=O)n3cccc(C)c3nc2n1CCCOC)[N+](=O)[O-]. The zero-order valence-corrected chi connectivity index (χ0v) is 19.9. The highest BCUT2D eigenvalue weighted by atomic mass is 16.6. The molecule has 3 aromatic heterocycles. The zero-order chi connectivity index (χ0) is 26.2. The van der Waals surface area contributed by atoms with E-state index < -0.39 is 17.3 Å². The van der Waals surface area contributed by atoms with Crippen LogP contribution < -0.4 is 11.0 Å². The average molecular weight is 489 g/mol. The molecular weight excluding hydrogens is 464 g/mol. The maximum Gasteiger partial charge on any atom is 0.267 e. The van der Waals surface area contributed by atoms with E-state index in [1.165, 1.54) is 46.4 Å². The van der Waals surface area contributed by atoms with Crippen molar-refractivity contribution in [3.05, 3.63) is 98.1 Å². The molecule has 0 spiro atoms. The maximum absolute atomic E-state index is 13.3. The Balaban J connectivity index is 2.30. The first kappa shape index (κ1) is 25.9. The van der Waals surface area contributed by atoms with Crippen molar-refractivity contribution in [3.63, 3.8) is 0 Å². The highest BCUT2D eigenvalue weighted by Crippen LogP contribution is 2.13. The van der Waals surface area contributed by atoms with E-state index in [9.17, 15) is 25.0 Å². The molecular formula is C25H24N6O5. The van der Waals surface area contributed by atoms with E-state index in [-0.39, 0.29) is 39.9 Å². The molecule has 0 fully saturated rings. The Labute approximate surface area is 205 Å². The first-order valence-corrected chi connectivity index (χ1v) is 11.0. The van der Waals surface area contributed by atoms with Gasteiger partial charge in [-0.1, -0.05) is 30.9 Å². The highest BCUT2D eigenvalue weighted by molar-refractivity contribution is 5.81.